The van der Waals surface area contributed by atoms with Crippen molar-refractivity contribution < 1.29 is 13.2 Å². The third-order valence-corrected chi connectivity index (χ3v) is 6.09. The second kappa shape index (κ2) is 8.59. The van der Waals surface area contributed by atoms with E-state index in [1.807, 2.05) is 0 Å². The highest BCUT2D eigenvalue weighted by Crippen LogP contribution is 2.25. The molecule has 3 rings (SSSR count). The highest BCUT2D eigenvalue weighted by atomic mass is 35.5. The van der Waals surface area contributed by atoms with Crippen LogP contribution in [0.25, 0.3) is 0 Å². The van der Waals surface area contributed by atoms with E-state index >= 15 is 0 Å². The van der Waals surface area contributed by atoms with Crippen LogP contribution >= 0.6 is 11.6 Å². The van der Waals surface area contributed by atoms with Gasteiger partial charge in [-0.25, -0.2) is 18.4 Å². The molecule has 1 amide bonds. The fourth-order valence-electron chi connectivity index (χ4n) is 2.63. The third-order valence-electron chi connectivity index (χ3n) is 4.32. The van der Waals surface area contributed by atoms with Crippen molar-refractivity contribution in [3.05, 3.63) is 77.3 Å². The number of amides is 1. The number of benzene rings is 2. The summed E-state index contributed by atoms with van der Waals surface area (Å²) in [6.45, 7) is 3.41. The van der Waals surface area contributed by atoms with E-state index in [4.69, 9.17) is 11.6 Å². The summed E-state index contributed by atoms with van der Waals surface area (Å²) in [4.78, 5) is 20.4. The molecule has 29 heavy (non-hydrogen) atoms. The Labute approximate surface area is 174 Å². The molecule has 0 spiro atoms. The monoisotopic (exact) mass is 430 g/mol. The molecule has 0 bridgehead atoms. The summed E-state index contributed by atoms with van der Waals surface area (Å²) in [6.07, 6.45) is 4.52. The van der Waals surface area contributed by atoms with E-state index in [2.05, 4.69) is 20.0 Å². The maximum atomic E-state index is 12.8. The van der Waals surface area contributed by atoms with Crippen LogP contribution in [0.3, 0.4) is 0 Å². The fraction of sp³-hybridized carbons (Fsp3) is 0.150. The molecule has 3 aromatic rings. The standard InChI is InChI=1S/C20H19ClN4O3S/c1-13-3-6-18(24-20(26)14(2)15-10-22-12-23-11-15)9-19(13)29(27,28)25-17-7-4-16(21)5-8-17/h3-12,14,25H,1-2H3,(H,24,26)/t14-/m0/s1. The second-order valence-electron chi connectivity index (χ2n) is 6.48. The number of nitrogens with zero attached hydrogens (tertiary/aromatic N) is 2. The Morgan fingerprint density at radius 2 is 1.66 bits per heavy atom. The average Bonchev–Trinajstić information content (AvgIpc) is 2.71. The number of hydrogen-bond donors (Lipinski definition) is 2. The molecule has 2 aromatic carbocycles. The molecule has 9 heteroatoms. The van der Waals surface area contributed by atoms with Crippen molar-refractivity contribution in [3.8, 4) is 0 Å². The van der Waals surface area contributed by atoms with Gasteiger partial charge in [0.2, 0.25) is 5.91 Å². The molecule has 2 N–H and O–H groups in total. The summed E-state index contributed by atoms with van der Waals surface area (Å²) in [5.74, 6) is -0.789. The van der Waals surface area contributed by atoms with Crippen LogP contribution in [0.15, 0.2) is 66.1 Å². The Hall–Kier alpha value is -2.97. The van der Waals surface area contributed by atoms with Crippen molar-refractivity contribution in [2.45, 2.75) is 24.7 Å². The van der Waals surface area contributed by atoms with Crippen molar-refractivity contribution >= 4 is 38.9 Å². The van der Waals surface area contributed by atoms with E-state index in [0.29, 0.717) is 27.5 Å². The quantitative estimate of drug-likeness (QED) is 0.615. The topological polar surface area (TPSA) is 101 Å². The number of anilines is 2. The second-order valence-corrected chi connectivity index (χ2v) is 8.56. The predicted octanol–water partition coefficient (Wildman–Crippen LogP) is 3.98. The lowest BCUT2D eigenvalue weighted by molar-refractivity contribution is -0.117. The summed E-state index contributed by atoms with van der Waals surface area (Å²) in [7, 11) is -3.85. The molecule has 0 aliphatic rings. The van der Waals surface area contributed by atoms with Crippen LogP contribution in [0.5, 0.6) is 0 Å². The van der Waals surface area contributed by atoms with E-state index in [1.54, 1.807) is 62.6 Å². The van der Waals surface area contributed by atoms with Crippen molar-refractivity contribution in [1.82, 2.24) is 9.97 Å². The number of aryl methyl sites for hydroxylation is 1. The van der Waals surface area contributed by atoms with Gasteiger partial charge in [0.05, 0.1) is 10.8 Å². The number of nitrogens with one attached hydrogen (secondary N) is 2. The van der Waals surface area contributed by atoms with Crippen LogP contribution in [-0.4, -0.2) is 24.3 Å². The first-order valence-electron chi connectivity index (χ1n) is 8.71. The van der Waals surface area contributed by atoms with E-state index in [0.717, 1.165) is 0 Å². The molecule has 0 saturated carbocycles. The molecule has 1 heterocycles. The molecule has 0 unspecified atom stereocenters. The zero-order valence-corrected chi connectivity index (χ0v) is 17.3. The zero-order chi connectivity index (χ0) is 21.0. The number of hydrogen-bond acceptors (Lipinski definition) is 5. The zero-order valence-electron chi connectivity index (χ0n) is 15.8. The third kappa shape index (κ3) is 5.10. The normalized spacial score (nSPS) is 12.2. The van der Waals surface area contributed by atoms with Gasteiger partial charge in [0.1, 0.15) is 6.33 Å². The Morgan fingerprint density at radius 1 is 1.03 bits per heavy atom. The molecule has 0 radical (unpaired) electrons. The number of halogens is 1. The van der Waals surface area contributed by atoms with Gasteiger partial charge in [-0.2, -0.15) is 0 Å². The average molecular weight is 431 g/mol. The van der Waals surface area contributed by atoms with E-state index < -0.39 is 15.9 Å². The van der Waals surface area contributed by atoms with Crippen molar-refractivity contribution in [2.75, 3.05) is 10.0 Å². The maximum absolute atomic E-state index is 12.8. The molecule has 0 aliphatic carbocycles. The van der Waals surface area contributed by atoms with Gasteiger partial charge in [-0.15, -0.1) is 0 Å². The van der Waals surface area contributed by atoms with E-state index in [9.17, 15) is 13.2 Å². The largest absolute Gasteiger partial charge is 0.326 e. The van der Waals surface area contributed by atoms with Gasteiger partial charge in [-0.1, -0.05) is 17.7 Å². The molecule has 1 aromatic heterocycles. The molecule has 1 atom stereocenters. The summed E-state index contributed by atoms with van der Waals surface area (Å²) < 4.78 is 28.2. The molecule has 7 nitrogen and oxygen atoms in total. The predicted molar refractivity (Wildman–Crippen MR) is 113 cm³/mol. The number of carbonyl (C=O) groups excluding carboxylic acids is 1. The summed E-state index contributed by atoms with van der Waals surface area (Å²) in [6, 6.07) is 11.1. The maximum Gasteiger partial charge on any atom is 0.262 e. The van der Waals surface area contributed by atoms with Gasteiger partial charge in [-0.3, -0.25) is 9.52 Å². The van der Waals surface area contributed by atoms with Crippen LogP contribution in [-0.2, 0) is 14.8 Å². The highest BCUT2D eigenvalue weighted by Gasteiger charge is 2.20. The van der Waals surface area contributed by atoms with Crippen LogP contribution in [0.1, 0.15) is 24.0 Å². The minimum Gasteiger partial charge on any atom is -0.326 e. The van der Waals surface area contributed by atoms with Crippen LogP contribution < -0.4 is 10.0 Å². The van der Waals surface area contributed by atoms with Gasteiger partial charge in [0.25, 0.3) is 10.0 Å². The molecule has 150 valence electrons. The lowest BCUT2D eigenvalue weighted by atomic mass is 10.0. The van der Waals surface area contributed by atoms with Crippen molar-refractivity contribution in [1.29, 1.82) is 0 Å². The Bertz CT molecular complexity index is 1120. The van der Waals surface area contributed by atoms with Crippen molar-refractivity contribution in [3.63, 3.8) is 0 Å². The van der Waals surface area contributed by atoms with Gasteiger partial charge in [0, 0.05) is 34.4 Å². The fourth-order valence-corrected chi connectivity index (χ4v) is 4.09. The lowest BCUT2D eigenvalue weighted by Gasteiger charge is -2.15. The first-order valence-corrected chi connectivity index (χ1v) is 10.6. The summed E-state index contributed by atoms with van der Waals surface area (Å²) >= 11 is 5.84. The van der Waals surface area contributed by atoms with Gasteiger partial charge in [-0.05, 0) is 55.8 Å². The van der Waals surface area contributed by atoms with Gasteiger partial charge < -0.3 is 5.32 Å². The van der Waals surface area contributed by atoms with Gasteiger partial charge in [0.15, 0.2) is 0 Å². The minimum atomic E-state index is -3.85. The lowest BCUT2D eigenvalue weighted by Crippen LogP contribution is -2.20. The molecule has 0 aliphatic heterocycles. The first kappa shape index (κ1) is 20.8. The Morgan fingerprint density at radius 3 is 2.31 bits per heavy atom. The first-order chi connectivity index (χ1) is 13.8. The number of carbonyl (C=O) groups is 1. The SMILES string of the molecule is Cc1ccc(NC(=O)[C@@H](C)c2cncnc2)cc1S(=O)(=O)Nc1ccc(Cl)cc1. The Kier molecular flexibility index (Phi) is 6.14. The van der Waals surface area contributed by atoms with Crippen LogP contribution in [0, 0.1) is 6.92 Å². The van der Waals surface area contributed by atoms with Crippen molar-refractivity contribution in [2.24, 2.45) is 0 Å². The van der Waals surface area contributed by atoms with Crippen LogP contribution in [0.4, 0.5) is 11.4 Å². The minimum absolute atomic E-state index is 0.0703. The number of aromatic nitrogens is 2. The smallest absolute Gasteiger partial charge is 0.262 e. The number of rotatable bonds is 6. The molecule has 0 saturated heterocycles. The molecular weight excluding hydrogens is 412 g/mol. The Balaban J connectivity index is 1.82. The van der Waals surface area contributed by atoms with E-state index in [1.165, 1.54) is 12.4 Å². The summed E-state index contributed by atoms with van der Waals surface area (Å²) in [5, 5.41) is 3.25. The number of sulfonamides is 1. The van der Waals surface area contributed by atoms with Crippen LogP contribution in [0.2, 0.25) is 5.02 Å². The van der Waals surface area contributed by atoms with E-state index in [-0.39, 0.29) is 10.8 Å². The summed E-state index contributed by atoms with van der Waals surface area (Å²) in [5.41, 5.74) is 1.98. The highest BCUT2D eigenvalue weighted by molar-refractivity contribution is 7.92. The van der Waals surface area contributed by atoms with Gasteiger partial charge >= 0.3 is 0 Å². The molecule has 0 fully saturated rings. The molecular formula is C20H19ClN4O3S.